The number of anilines is 2. The summed E-state index contributed by atoms with van der Waals surface area (Å²) in [4.78, 5) is 18.0. The zero-order valence-electron chi connectivity index (χ0n) is 8.75. The van der Waals surface area contributed by atoms with Gasteiger partial charge in [-0.3, -0.25) is 0 Å². The van der Waals surface area contributed by atoms with Crippen LogP contribution in [0, 0.1) is 6.92 Å². The third kappa shape index (κ3) is 2.04. The molecule has 0 atom stereocenters. The fraction of sp³-hybridized carbons (Fsp3) is 0.0909. The Kier molecular flexibility index (Phi) is 2.87. The highest BCUT2D eigenvalue weighted by Crippen LogP contribution is 2.28. The highest BCUT2D eigenvalue weighted by Gasteiger charge is 2.17. The molecule has 2 amide bonds. The van der Waals surface area contributed by atoms with Gasteiger partial charge in [-0.25, -0.2) is 14.7 Å². The number of nitrogens with two attached hydrogens (primary N) is 1. The molecule has 2 N–H and O–H groups in total. The topological polar surface area (TPSA) is 59.2 Å². The van der Waals surface area contributed by atoms with Gasteiger partial charge in [0.15, 0.2) is 5.13 Å². The van der Waals surface area contributed by atoms with Crippen molar-refractivity contribution in [3.05, 3.63) is 41.4 Å². The number of thiazole rings is 1. The molecular formula is C11H11N3OS. The van der Waals surface area contributed by atoms with Crippen molar-refractivity contribution in [2.45, 2.75) is 6.92 Å². The van der Waals surface area contributed by atoms with Crippen LogP contribution in [0.25, 0.3) is 0 Å². The third-order valence-electron chi connectivity index (χ3n) is 2.04. The zero-order valence-corrected chi connectivity index (χ0v) is 9.57. The van der Waals surface area contributed by atoms with Crippen molar-refractivity contribution in [2.24, 2.45) is 5.73 Å². The fourth-order valence-electron chi connectivity index (χ4n) is 1.36. The van der Waals surface area contributed by atoms with Gasteiger partial charge in [-0.2, -0.15) is 0 Å². The molecule has 16 heavy (non-hydrogen) atoms. The largest absolute Gasteiger partial charge is 0.351 e. The van der Waals surface area contributed by atoms with Gasteiger partial charge < -0.3 is 5.73 Å². The number of urea groups is 1. The molecule has 0 aliphatic carbocycles. The van der Waals surface area contributed by atoms with Crippen molar-refractivity contribution >= 4 is 28.2 Å². The number of nitrogens with zero attached hydrogens (tertiary/aromatic N) is 2. The molecule has 0 radical (unpaired) electrons. The summed E-state index contributed by atoms with van der Waals surface area (Å²) in [5, 5.41) is 0.594. The molecule has 0 unspecified atom stereocenters. The Morgan fingerprint density at radius 3 is 2.56 bits per heavy atom. The van der Waals surface area contributed by atoms with Crippen LogP contribution in [0.2, 0.25) is 0 Å². The minimum Gasteiger partial charge on any atom is -0.351 e. The van der Waals surface area contributed by atoms with E-state index in [1.807, 2.05) is 37.3 Å². The second-order valence-corrected chi connectivity index (χ2v) is 4.48. The van der Waals surface area contributed by atoms with Gasteiger partial charge in [0, 0.05) is 11.1 Å². The van der Waals surface area contributed by atoms with Crippen molar-refractivity contribution in [3.63, 3.8) is 0 Å². The maximum Gasteiger partial charge on any atom is 0.325 e. The summed E-state index contributed by atoms with van der Waals surface area (Å²) in [6, 6.07) is 8.71. The Morgan fingerprint density at radius 2 is 2.06 bits per heavy atom. The average Bonchev–Trinajstić information content (AvgIpc) is 2.66. The molecule has 1 aromatic carbocycles. The van der Waals surface area contributed by atoms with E-state index in [9.17, 15) is 4.79 Å². The van der Waals surface area contributed by atoms with E-state index in [1.54, 1.807) is 6.20 Å². The molecule has 1 heterocycles. The van der Waals surface area contributed by atoms with Crippen molar-refractivity contribution in [1.82, 2.24) is 4.98 Å². The molecule has 0 spiro atoms. The van der Waals surface area contributed by atoms with Gasteiger partial charge in [0.2, 0.25) is 0 Å². The molecule has 82 valence electrons. The second kappa shape index (κ2) is 4.32. The molecule has 2 aromatic rings. The Morgan fingerprint density at radius 1 is 1.38 bits per heavy atom. The summed E-state index contributed by atoms with van der Waals surface area (Å²) in [6.07, 6.45) is 1.72. The van der Waals surface area contributed by atoms with E-state index in [1.165, 1.54) is 16.2 Å². The number of carbonyl (C=O) groups is 1. The van der Waals surface area contributed by atoms with Crippen LogP contribution in [-0.2, 0) is 0 Å². The number of rotatable bonds is 2. The van der Waals surface area contributed by atoms with E-state index in [4.69, 9.17) is 5.73 Å². The van der Waals surface area contributed by atoms with Crippen molar-refractivity contribution < 1.29 is 4.79 Å². The number of aromatic nitrogens is 1. The summed E-state index contributed by atoms with van der Waals surface area (Å²) in [5.74, 6) is 0. The second-order valence-electron chi connectivity index (χ2n) is 3.26. The number of amides is 2. The van der Waals surface area contributed by atoms with Gasteiger partial charge in [-0.1, -0.05) is 18.2 Å². The van der Waals surface area contributed by atoms with Crippen LogP contribution >= 0.6 is 11.3 Å². The first-order valence-electron chi connectivity index (χ1n) is 4.75. The smallest absolute Gasteiger partial charge is 0.325 e. The Bertz CT molecular complexity index is 495. The summed E-state index contributed by atoms with van der Waals surface area (Å²) >= 11 is 1.43. The lowest BCUT2D eigenvalue weighted by atomic mass is 10.3. The minimum absolute atomic E-state index is 0.527. The molecule has 0 bridgehead atoms. The van der Waals surface area contributed by atoms with Crippen LogP contribution in [0.1, 0.15) is 4.88 Å². The van der Waals surface area contributed by atoms with E-state index in [0.29, 0.717) is 5.13 Å². The lowest BCUT2D eigenvalue weighted by Gasteiger charge is -2.16. The van der Waals surface area contributed by atoms with E-state index < -0.39 is 6.03 Å². The summed E-state index contributed by atoms with van der Waals surface area (Å²) in [5.41, 5.74) is 6.09. The number of hydrogen-bond donors (Lipinski definition) is 1. The number of primary amides is 1. The molecular weight excluding hydrogens is 222 g/mol. The van der Waals surface area contributed by atoms with Gasteiger partial charge in [-0.15, -0.1) is 11.3 Å². The molecule has 4 nitrogen and oxygen atoms in total. The predicted molar refractivity (Wildman–Crippen MR) is 65.0 cm³/mol. The number of hydrogen-bond acceptors (Lipinski definition) is 3. The predicted octanol–water partition coefficient (Wildman–Crippen LogP) is 2.67. The SMILES string of the molecule is Cc1cnc(N(C(N)=O)c2ccccc2)s1. The van der Waals surface area contributed by atoms with Crippen LogP contribution in [0.4, 0.5) is 15.6 Å². The Balaban J connectivity index is 2.43. The molecule has 5 heteroatoms. The number of benzene rings is 1. The molecule has 0 fully saturated rings. The minimum atomic E-state index is -0.527. The highest BCUT2D eigenvalue weighted by atomic mass is 32.1. The van der Waals surface area contributed by atoms with E-state index >= 15 is 0 Å². The van der Waals surface area contributed by atoms with Gasteiger partial charge in [0.1, 0.15) is 0 Å². The van der Waals surface area contributed by atoms with Crippen LogP contribution in [-0.4, -0.2) is 11.0 Å². The average molecular weight is 233 g/mol. The molecule has 2 rings (SSSR count). The number of aryl methyl sites for hydroxylation is 1. The van der Waals surface area contributed by atoms with Crippen molar-refractivity contribution in [1.29, 1.82) is 0 Å². The maximum atomic E-state index is 11.4. The van der Waals surface area contributed by atoms with Crippen molar-refractivity contribution in [2.75, 3.05) is 4.90 Å². The Hall–Kier alpha value is -1.88. The van der Waals surface area contributed by atoms with E-state index in [-0.39, 0.29) is 0 Å². The highest BCUT2D eigenvalue weighted by molar-refractivity contribution is 7.15. The van der Waals surface area contributed by atoms with Crippen LogP contribution in [0.5, 0.6) is 0 Å². The number of para-hydroxylation sites is 1. The third-order valence-corrected chi connectivity index (χ3v) is 2.93. The molecule has 0 saturated heterocycles. The van der Waals surface area contributed by atoms with Crippen LogP contribution in [0.15, 0.2) is 36.5 Å². The molecule has 1 aromatic heterocycles. The van der Waals surface area contributed by atoms with Gasteiger partial charge in [-0.05, 0) is 19.1 Å². The zero-order chi connectivity index (χ0) is 11.5. The Labute approximate surface area is 97.3 Å². The van der Waals surface area contributed by atoms with Gasteiger partial charge >= 0.3 is 6.03 Å². The normalized spacial score (nSPS) is 10.1. The van der Waals surface area contributed by atoms with Crippen LogP contribution < -0.4 is 10.6 Å². The quantitative estimate of drug-likeness (QED) is 0.866. The first-order chi connectivity index (χ1) is 7.68. The van der Waals surface area contributed by atoms with Gasteiger partial charge in [0.25, 0.3) is 0 Å². The van der Waals surface area contributed by atoms with E-state index in [0.717, 1.165) is 10.6 Å². The lowest BCUT2D eigenvalue weighted by Crippen LogP contribution is -2.31. The van der Waals surface area contributed by atoms with Gasteiger partial charge in [0.05, 0.1) is 5.69 Å². The van der Waals surface area contributed by atoms with Crippen LogP contribution in [0.3, 0.4) is 0 Å². The first kappa shape index (κ1) is 10.6. The summed E-state index contributed by atoms with van der Waals surface area (Å²) in [6.45, 7) is 1.94. The monoisotopic (exact) mass is 233 g/mol. The van der Waals surface area contributed by atoms with Crippen molar-refractivity contribution in [3.8, 4) is 0 Å². The molecule has 0 saturated carbocycles. The lowest BCUT2D eigenvalue weighted by molar-refractivity contribution is 0.256. The molecule has 0 aliphatic heterocycles. The first-order valence-corrected chi connectivity index (χ1v) is 5.57. The number of carbonyl (C=O) groups excluding carboxylic acids is 1. The van der Waals surface area contributed by atoms with E-state index in [2.05, 4.69) is 4.98 Å². The summed E-state index contributed by atoms with van der Waals surface area (Å²) in [7, 11) is 0. The summed E-state index contributed by atoms with van der Waals surface area (Å²) < 4.78 is 0. The standard InChI is InChI=1S/C11H11N3OS/c1-8-7-13-11(16-8)14(10(12)15)9-5-3-2-4-6-9/h2-7H,1H3,(H2,12,15). The maximum absolute atomic E-state index is 11.4. The molecule has 0 aliphatic rings. The fourth-order valence-corrected chi connectivity index (χ4v) is 2.14.